The summed E-state index contributed by atoms with van der Waals surface area (Å²) in [4.78, 5) is 10.6. The van der Waals surface area contributed by atoms with E-state index >= 15 is 0 Å². The Morgan fingerprint density at radius 1 is 0.944 bits per heavy atom. The molecule has 90 valence electrons. The predicted octanol–water partition coefficient (Wildman–Crippen LogP) is 3.16. The van der Waals surface area contributed by atoms with Gasteiger partial charge in [-0.3, -0.25) is 4.79 Å². The lowest BCUT2D eigenvalue weighted by atomic mass is 10.0. The lowest BCUT2D eigenvalue weighted by Gasteiger charge is -2.02. The Hall–Kier alpha value is -2.35. The molecule has 2 rings (SSSR count). The van der Waals surface area contributed by atoms with Crippen LogP contribution in [0.4, 0.5) is 0 Å². The standard InChI is InChI=1S/C16H15NO/c1-12-2-7-14(8-3-12)15-9-4-13(5-10-15)6-11-16(17)18/h2-11H,1H3,(H2,17,18). The molecule has 2 aromatic carbocycles. The molecule has 2 nitrogen and oxygen atoms in total. The number of primary amides is 1. The molecule has 0 radical (unpaired) electrons. The molecule has 0 aromatic heterocycles. The number of aryl methyl sites for hydroxylation is 1. The number of nitrogens with two attached hydrogens (primary N) is 1. The summed E-state index contributed by atoms with van der Waals surface area (Å²) in [6, 6.07) is 16.4. The highest BCUT2D eigenvalue weighted by Gasteiger charge is 1.96. The maximum Gasteiger partial charge on any atom is 0.241 e. The zero-order chi connectivity index (χ0) is 13.0. The fourth-order valence-electron chi connectivity index (χ4n) is 1.71. The van der Waals surface area contributed by atoms with Crippen molar-refractivity contribution in [2.45, 2.75) is 6.92 Å². The van der Waals surface area contributed by atoms with Crippen LogP contribution in [-0.4, -0.2) is 5.91 Å². The third-order valence-electron chi connectivity index (χ3n) is 2.74. The Balaban J connectivity index is 2.22. The van der Waals surface area contributed by atoms with E-state index in [1.807, 2.05) is 24.3 Å². The van der Waals surface area contributed by atoms with Crippen LogP contribution < -0.4 is 5.73 Å². The number of hydrogen-bond donors (Lipinski definition) is 1. The van der Waals surface area contributed by atoms with Crippen LogP contribution in [0.1, 0.15) is 11.1 Å². The average Bonchev–Trinajstić information content (AvgIpc) is 2.38. The van der Waals surface area contributed by atoms with E-state index in [1.54, 1.807) is 6.08 Å². The van der Waals surface area contributed by atoms with Crippen molar-refractivity contribution < 1.29 is 4.79 Å². The van der Waals surface area contributed by atoms with Gasteiger partial charge >= 0.3 is 0 Å². The van der Waals surface area contributed by atoms with Crippen LogP contribution in [0.15, 0.2) is 54.6 Å². The van der Waals surface area contributed by atoms with Gasteiger partial charge in [-0.1, -0.05) is 54.1 Å². The number of hydrogen-bond acceptors (Lipinski definition) is 1. The van der Waals surface area contributed by atoms with Crippen molar-refractivity contribution >= 4 is 12.0 Å². The third-order valence-corrected chi connectivity index (χ3v) is 2.74. The van der Waals surface area contributed by atoms with Crippen LogP contribution in [0, 0.1) is 6.92 Å². The van der Waals surface area contributed by atoms with Gasteiger partial charge in [0, 0.05) is 6.08 Å². The summed E-state index contributed by atoms with van der Waals surface area (Å²) in [5.41, 5.74) is 9.61. The van der Waals surface area contributed by atoms with E-state index < -0.39 is 5.91 Å². The molecule has 0 aliphatic heterocycles. The van der Waals surface area contributed by atoms with Crippen molar-refractivity contribution in [1.82, 2.24) is 0 Å². The predicted molar refractivity (Wildman–Crippen MR) is 74.8 cm³/mol. The van der Waals surface area contributed by atoms with Gasteiger partial charge in [0.1, 0.15) is 0 Å². The van der Waals surface area contributed by atoms with Crippen LogP contribution in [0.5, 0.6) is 0 Å². The van der Waals surface area contributed by atoms with Crippen LogP contribution in [-0.2, 0) is 4.79 Å². The van der Waals surface area contributed by atoms with Gasteiger partial charge in [-0.25, -0.2) is 0 Å². The highest BCUT2D eigenvalue weighted by atomic mass is 16.1. The van der Waals surface area contributed by atoms with Gasteiger partial charge in [-0.2, -0.15) is 0 Å². The van der Waals surface area contributed by atoms with Crippen molar-refractivity contribution in [1.29, 1.82) is 0 Å². The zero-order valence-electron chi connectivity index (χ0n) is 10.3. The fraction of sp³-hybridized carbons (Fsp3) is 0.0625. The molecule has 0 aliphatic rings. The Bertz CT molecular complexity index is 565. The Morgan fingerprint density at radius 3 is 1.94 bits per heavy atom. The van der Waals surface area contributed by atoms with Crippen LogP contribution in [0.25, 0.3) is 17.2 Å². The second-order valence-electron chi connectivity index (χ2n) is 4.22. The van der Waals surface area contributed by atoms with Gasteiger partial charge in [0.25, 0.3) is 0 Å². The summed E-state index contributed by atoms with van der Waals surface area (Å²) >= 11 is 0. The Labute approximate surface area is 107 Å². The molecule has 18 heavy (non-hydrogen) atoms. The molecule has 0 aliphatic carbocycles. The van der Waals surface area contributed by atoms with Crippen LogP contribution >= 0.6 is 0 Å². The summed E-state index contributed by atoms with van der Waals surface area (Å²) in [5, 5.41) is 0. The molecule has 2 heteroatoms. The number of benzene rings is 2. The molecule has 0 saturated heterocycles. The topological polar surface area (TPSA) is 43.1 Å². The molecule has 0 saturated carbocycles. The Kier molecular flexibility index (Phi) is 3.58. The molecule has 1 amide bonds. The molecule has 0 unspecified atom stereocenters. The second-order valence-corrected chi connectivity index (χ2v) is 4.22. The quantitative estimate of drug-likeness (QED) is 0.819. The smallest absolute Gasteiger partial charge is 0.241 e. The van der Waals surface area contributed by atoms with Crippen molar-refractivity contribution in [3.8, 4) is 11.1 Å². The molecule has 2 N–H and O–H groups in total. The first kappa shape index (κ1) is 12.1. The minimum Gasteiger partial charge on any atom is -0.366 e. The third kappa shape index (κ3) is 3.08. The SMILES string of the molecule is Cc1ccc(-c2ccc(C=CC(N)=O)cc2)cc1. The minimum atomic E-state index is -0.433. The highest BCUT2D eigenvalue weighted by Crippen LogP contribution is 2.20. The van der Waals surface area contributed by atoms with Gasteiger partial charge in [0.05, 0.1) is 0 Å². The summed E-state index contributed by atoms with van der Waals surface area (Å²) < 4.78 is 0. The van der Waals surface area contributed by atoms with Crippen molar-refractivity contribution in [3.63, 3.8) is 0 Å². The number of amides is 1. The molecule has 0 heterocycles. The normalized spacial score (nSPS) is 10.7. The summed E-state index contributed by atoms with van der Waals surface area (Å²) in [6.07, 6.45) is 3.07. The minimum absolute atomic E-state index is 0.433. The molecule has 2 aromatic rings. The van der Waals surface area contributed by atoms with Crippen molar-refractivity contribution in [2.75, 3.05) is 0 Å². The summed E-state index contributed by atoms with van der Waals surface area (Å²) in [7, 11) is 0. The fourth-order valence-corrected chi connectivity index (χ4v) is 1.71. The number of rotatable bonds is 3. The lowest BCUT2D eigenvalue weighted by molar-refractivity contribution is -0.113. The van der Waals surface area contributed by atoms with E-state index in [4.69, 9.17) is 5.73 Å². The number of carbonyl (C=O) groups is 1. The first-order valence-electron chi connectivity index (χ1n) is 5.80. The molecule has 0 spiro atoms. The van der Waals surface area contributed by atoms with E-state index in [-0.39, 0.29) is 0 Å². The maximum atomic E-state index is 10.6. The molecule has 0 fully saturated rings. The van der Waals surface area contributed by atoms with Crippen molar-refractivity contribution in [3.05, 3.63) is 65.7 Å². The van der Waals surface area contributed by atoms with E-state index in [0.717, 1.165) is 11.1 Å². The van der Waals surface area contributed by atoms with Gasteiger partial charge in [0.15, 0.2) is 0 Å². The summed E-state index contributed by atoms with van der Waals surface area (Å²) in [5.74, 6) is -0.433. The van der Waals surface area contributed by atoms with Crippen molar-refractivity contribution in [2.24, 2.45) is 5.73 Å². The van der Waals surface area contributed by atoms with Gasteiger partial charge in [0.2, 0.25) is 5.91 Å². The van der Waals surface area contributed by atoms with Gasteiger partial charge in [-0.15, -0.1) is 0 Å². The van der Waals surface area contributed by atoms with Crippen LogP contribution in [0.3, 0.4) is 0 Å². The lowest BCUT2D eigenvalue weighted by Crippen LogP contribution is -2.04. The molecular formula is C16H15NO. The second kappa shape index (κ2) is 5.32. The number of carbonyl (C=O) groups excluding carboxylic acids is 1. The Morgan fingerprint density at radius 2 is 1.44 bits per heavy atom. The zero-order valence-corrected chi connectivity index (χ0v) is 10.3. The maximum absolute atomic E-state index is 10.6. The largest absolute Gasteiger partial charge is 0.366 e. The monoisotopic (exact) mass is 237 g/mol. The first-order valence-corrected chi connectivity index (χ1v) is 5.80. The van der Waals surface area contributed by atoms with Gasteiger partial charge < -0.3 is 5.73 Å². The van der Waals surface area contributed by atoms with E-state index in [9.17, 15) is 4.79 Å². The van der Waals surface area contributed by atoms with Gasteiger partial charge in [-0.05, 0) is 29.7 Å². The first-order chi connectivity index (χ1) is 8.65. The van der Waals surface area contributed by atoms with E-state index in [1.165, 1.54) is 17.2 Å². The van der Waals surface area contributed by atoms with Crippen LogP contribution in [0.2, 0.25) is 0 Å². The molecular weight excluding hydrogens is 222 g/mol. The molecule has 0 atom stereocenters. The summed E-state index contributed by atoms with van der Waals surface area (Å²) in [6.45, 7) is 2.07. The highest BCUT2D eigenvalue weighted by molar-refractivity contribution is 5.90. The molecule has 0 bridgehead atoms. The van der Waals surface area contributed by atoms with E-state index in [0.29, 0.717) is 0 Å². The average molecular weight is 237 g/mol. The van der Waals surface area contributed by atoms with E-state index in [2.05, 4.69) is 31.2 Å².